The predicted molar refractivity (Wildman–Crippen MR) is 96.5 cm³/mol. The minimum Gasteiger partial charge on any atom is -0.357 e. The first-order valence-electron chi connectivity index (χ1n) is 7.75. The highest BCUT2D eigenvalue weighted by molar-refractivity contribution is 7.98. The molecule has 2 nitrogen and oxygen atoms in total. The van der Waals surface area contributed by atoms with E-state index in [1.165, 1.54) is 22.2 Å². The monoisotopic (exact) mass is 328 g/mol. The highest BCUT2D eigenvalue weighted by Gasteiger charge is 2.13. The number of aromatic amines is 1. The van der Waals surface area contributed by atoms with E-state index in [1.54, 1.807) is 17.8 Å². The topological polar surface area (TPSA) is 19.0 Å². The Balaban J connectivity index is 1.89. The van der Waals surface area contributed by atoms with Crippen LogP contribution in [0.5, 0.6) is 0 Å². The molecule has 23 heavy (non-hydrogen) atoms. The van der Waals surface area contributed by atoms with E-state index in [9.17, 15) is 4.39 Å². The molecular weight excluding hydrogens is 307 g/mol. The number of thioether (sulfide) groups is 1. The second-order valence-corrected chi connectivity index (χ2v) is 6.98. The van der Waals surface area contributed by atoms with Crippen LogP contribution in [0.2, 0.25) is 0 Å². The molecule has 0 saturated carbocycles. The van der Waals surface area contributed by atoms with E-state index in [0.29, 0.717) is 0 Å². The van der Waals surface area contributed by atoms with Crippen molar-refractivity contribution in [2.75, 3.05) is 20.6 Å². The van der Waals surface area contributed by atoms with Gasteiger partial charge in [0.1, 0.15) is 5.82 Å². The zero-order valence-electron chi connectivity index (χ0n) is 13.5. The normalized spacial score (nSPS) is 11.5. The summed E-state index contributed by atoms with van der Waals surface area (Å²) >= 11 is 1.80. The number of hydrogen-bond acceptors (Lipinski definition) is 2. The summed E-state index contributed by atoms with van der Waals surface area (Å²) in [4.78, 5) is 6.88. The van der Waals surface area contributed by atoms with E-state index in [0.717, 1.165) is 29.6 Å². The van der Waals surface area contributed by atoms with Crippen LogP contribution in [0.1, 0.15) is 11.3 Å². The predicted octanol–water partition coefficient (Wildman–Crippen LogP) is 4.70. The van der Waals surface area contributed by atoms with Gasteiger partial charge in [0.25, 0.3) is 0 Å². The zero-order chi connectivity index (χ0) is 16.2. The number of nitrogens with one attached hydrogen (secondary N) is 1. The molecule has 0 aliphatic rings. The van der Waals surface area contributed by atoms with Crippen molar-refractivity contribution < 1.29 is 4.39 Å². The molecule has 120 valence electrons. The molecule has 0 bridgehead atoms. The summed E-state index contributed by atoms with van der Waals surface area (Å²) in [6.45, 7) is 0.951. The number of H-pyrrole nitrogens is 1. The highest BCUT2D eigenvalue weighted by atomic mass is 32.2. The number of nitrogens with zero attached hydrogens (tertiary/aromatic N) is 1. The van der Waals surface area contributed by atoms with Crippen LogP contribution in [0, 0.1) is 5.82 Å². The van der Waals surface area contributed by atoms with Gasteiger partial charge in [-0.25, -0.2) is 4.39 Å². The van der Waals surface area contributed by atoms with Gasteiger partial charge in [-0.3, -0.25) is 0 Å². The minimum absolute atomic E-state index is 0.176. The molecule has 0 amide bonds. The number of fused-ring (bicyclic) bond motifs is 1. The van der Waals surface area contributed by atoms with E-state index >= 15 is 0 Å². The number of benzene rings is 2. The molecule has 4 heteroatoms. The lowest BCUT2D eigenvalue weighted by Crippen LogP contribution is -2.15. The van der Waals surface area contributed by atoms with E-state index in [-0.39, 0.29) is 5.82 Å². The summed E-state index contributed by atoms with van der Waals surface area (Å²) in [6, 6.07) is 15.4. The van der Waals surface area contributed by atoms with Gasteiger partial charge in [-0.2, -0.15) is 0 Å². The number of rotatable bonds is 6. The lowest BCUT2D eigenvalue weighted by atomic mass is 10.1. The van der Waals surface area contributed by atoms with Gasteiger partial charge in [0, 0.05) is 33.8 Å². The Labute approximate surface area is 140 Å². The van der Waals surface area contributed by atoms with E-state index < -0.39 is 0 Å². The fourth-order valence-electron chi connectivity index (χ4n) is 2.69. The van der Waals surface area contributed by atoms with Crippen molar-refractivity contribution in [3.63, 3.8) is 0 Å². The molecule has 0 unspecified atom stereocenters. The van der Waals surface area contributed by atoms with E-state index in [2.05, 4.69) is 48.2 Å². The molecule has 0 saturated heterocycles. The molecule has 0 radical (unpaired) electrons. The third-order valence-corrected chi connectivity index (χ3v) is 4.93. The molecule has 3 aromatic rings. The molecule has 0 fully saturated rings. The molecule has 1 heterocycles. The summed E-state index contributed by atoms with van der Waals surface area (Å²) in [5.41, 5.74) is 3.45. The van der Waals surface area contributed by atoms with Gasteiger partial charge in [0.2, 0.25) is 0 Å². The molecule has 1 aromatic heterocycles. The number of halogens is 1. The molecule has 0 aliphatic heterocycles. The quantitative estimate of drug-likeness (QED) is 0.661. The summed E-state index contributed by atoms with van der Waals surface area (Å²) < 4.78 is 13.6. The second kappa shape index (κ2) is 7.20. The van der Waals surface area contributed by atoms with Crippen molar-refractivity contribution in [3.05, 3.63) is 65.6 Å². The van der Waals surface area contributed by atoms with Crippen molar-refractivity contribution in [3.8, 4) is 0 Å². The first-order valence-corrected chi connectivity index (χ1v) is 8.73. The first-order chi connectivity index (χ1) is 11.1. The average Bonchev–Trinajstić information content (AvgIpc) is 2.88. The first kappa shape index (κ1) is 16.1. The fourth-order valence-corrected chi connectivity index (χ4v) is 3.60. The van der Waals surface area contributed by atoms with Crippen LogP contribution in [0.15, 0.2) is 53.4 Å². The maximum atomic E-state index is 13.6. The maximum Gasteiger partial charge on any atom is 0.123 e. The summed E-state index contributed by atoms with van der Waals surface area (Å²) in [7, 11) is 4.13. The molecule has 3 rings (SSSR count). The summed E-state index contributed by atoms with van der Waals surface area (Å²) in [6.07, 6.45) is 0.918. The van der Waals surface area contributed by atoms with Crippen molar-refractivity contribution >= 4 is 22.7 Å². The Morgan fingerprint density at radius 1 is 1.09 bits per heavy atom. The standard InChI is InChI=1S/C19H21FN2S/c1-22(2)11-10-16-17-12-14(20)8-9-18(17)21-19(16)13-23-15-6-4-3-5-7-15/h3-9,12,21H,10-11,13H2,1-2H3. The lowest BCUT2D eigenvalue weighted by Gasteiger charge is -2.10. The molecule has 1 N–H and O–H groups in total. The molecule has 0 atom stereocenters. The third-order valence-electron chi connectivity index (χ3n) is 3.89. The van der Waals surface area contributed by atoms with Crippen molar-refractivity contribution in [1.29, 1.82) is 0 Å². The number of hydrogen-bond donors (Lipinski definition) is 1. The molecular formula is C19H21FN2S. The SMILES string of the molecule is CN(C)CCc1c(CSc2ccccc2)[nH]c2ccc(F)cc12. The van der Waals surface area contributed by atoms with Crippen LogP contribution in [0.25, 0.3) is 10.9 Å². The van der Waals surface area contributed by atoms with Gasteiger partial charge in [0.05, 0.1) is 0 Å². The molecule has 2 aromatic carbocycles. The zero-order valence-corrected chi connectivity index (χ0v) is 14.3. The van der Waals surface area contributed by atoms with Gasteiger partial charge >= 0.3 is 0 Å². The number of likely N-dealkylation sites (N-methyl/N-ethyl adjacent to an activating group) is 1. The number of aromatic nitrogens is 1. The summed E-state index contributed by atoms with van der Waals surface area (Å²) in [5.74, 6) is 0.688. The fraction of sp³-hybridized carbons (Fsp3) is 0.263. The Morgan fingerprint density at radius 2 is 1.87 bits per heavy atom. The van der Waals surface area contributed by atoms with Crippen LogP contribution in [0.3, 0.4) is 0 Å². The Morgan fingerprint density at radius 3 is 2.61 bits per heavy atom. The minimum atomic E-state index is -0.176. The van der Waals surface area contributed by atoms with Gasteiger partial charge in [0.15, 0.2) is 0 Å². The highest BCUT2D eigenvalue weighted by Crippen LogP contribution is 2.29. The smallest absolute Gasteiger partial charge is 0.123 e. The molecule has 0 spiro atoms. The summed E-state index contributed by atoms with van der Waals surface area (Å²) in [5, 5.41) is 1.01. The molecule has 0 aliphatic carbocycles. The second-order valence-electron chi connectivity index (χ2n) is 5.93. The third kappa shape index (κ3) is 3.95. The maximum absolute atomic E-state index is 13.6. The van der Waals surface area contributed by atoms with E-state index in [1.807, 2.05) is 12.1 Å². The van der Waals surface area contributed by atoms with Gasteiger partial charge in [-0.1, -0.05) is 18.2 Å². The Hall–Kier alpha value is -1.78. The van der Waals surface area contributed by atoms with E-state index in [4.69, 9.17) is 0 Å². The van der Waals surface area contributed by atoms with Crippen LogP contribution in [-0.2, 0) is 12.2 Å². The lowest BCUT2D eigenvalue weighted by molar-refractivity contribution is 0.414. The van der Waals surface area contributed by atoms with Gasteiger partial charge in [-0.05, 0) is 56.4 Å². The van der Waals surface area contributed by atoms with Crippen LogP contribution < -0.4 is 0 Å². The Kier molecular flexibility index (Phi) is 5.03. The largest absolute Gasteiger partial charge is 0.357 e. The van der Waals surface area contributed by atoms with Crippen molar-refractivity contribution in [1.82, 2.24) is 9.88 Å². The van der Waals surface area contributed by atoms with Crippen molar-refractivity contribution in [2.45, 2.75) is 17.1 Å². The Bertz CT molecular complexity index is 781. The van der Waals surface area contributed by atoms with Gasteiger partial charge in [-0.15, -0.1) is 11.8 Å². The van der Waals surface area contributed by atoms with Crippen molar-refractivity contribution in [2.24, 2.45) is 0 Å². The van der Waals surface area contributed by atoms with Crippen LogP contribution in [0.4, 0.5) is 4.39 Å². The van der Waals surface area contributed by atoms with Crippen LogP contribution in [-0.4, -0.2) is 30.5 Å². The van der Waals surface area contributed by atoms with Crippen LogP contribution >= 0.6 is 11.8 Å². The van der Waals surface area contributed by atoms with Gasteiger partial charge < -0.3 is 9.88 Å². The average molecular weight is 328 g/mol.